The topological polar surface area (TPSA) is 0 Å². The van der Waals surface area contributed by atoms with E-state index in [2.05, 4.69) is 0 Å². The quantitative estimate of drug-likeness (QED) is 0.102. The van der Waals surface area contributed by atoms with Gasteiger partial charge < -0.3 is 0 Å². The molecule has 0 aliphatic heterocycles. The fourth-order valence-corrected chi connectivity index (χ4v) is 5.96. The van der Waals surface area contributed by atoms with Crippen molar-refractivity contribution in [2.75, 3.05) is 0 Å². The highest BCUT2D eigenvalue weighted by Gasteiger charge is 2.98. The van der Waals surface area contributed by atoms with Gasteiger partial charge in [0.05, 0.1) is 5.56 Å². The highest BCUT2D eigenvalue weighted by molar-refractivity contribution is 6.14. The molecule has 0 amide bonds. The van der Waals surface area contributed by atoms with Gasteiger partial charge in [-0.1, -0.05) is 48.5 Å². The number of fused-ring (bicyclic) bond motifs is 4. The summed E-state index contributed by atoms with van der Waals surface area (Å²) in [6, 6.07) is 9.17. The Balaban J connectivity index is 1.85. The molecule has 0 radical (unpaired) electrons. The van der Waals surface area contributed by atoms with Crippen LogP contribution in [0.4, 0.5) is 105 Å². The first-order valence-corrected chi connectivity index (χ1v) is 14.7. The number of benzene rings is 5. The molecule has 0 N–H and O–H groups in total. The molecule has 0 unspecified atom stereocenters. The summed E-state index contributed by atoms with van der Waals surface area (Å²) in [5.41, 5.74) is -4.82. The fourth-order valence-electron chi connectivity index (χ4n) is 5.96. The van der Waals surface area contributed by atoms with Crippen LogP contribution in [-0.2, 0) is 12.1 Å². The summed E-state index contributed by atoms with van der Waals surface area (Å²) >= 11 is 0. The zero-order valence-electron chi connectivity index (χ0n) is 26.5. The van der Waals surface area contributed by atoms with Gasteiger partial charge in [-0.05, 0) is 67.4 Å². The van der Waals surface area contributed by atoms with Crippen LogP contribution in [0.1, 0.15) is 11.1 Å². The van der Waals surface area contributed by atoms with Gasteiger partial charge in [0.25, 0.3) is 0 Å². The van der Waals surface area contributed by atoms with Crippen molar-refractivity contribution in [3.63, 3.8) is 0 Å². The molecule has 0 aromatic heterocycles. The number of alkyl halides is 24. The van der Waals surface area contributed by atoms with Gasteiger partial charge in [-0.25, -0.2) is 0 Å². The van der Waals surface area contributed by atoms with E-state index in [9.17, 15) is 79.0 Å². The van der Waals surface area contributed by atoms with E-state index in [-0.39, 0.29) is 22.9 Å². The lowest BCUT2D eigenvalue weighted by molar-refractivity contribution is -0.474. The van der Waals surface area contributed by atoms with Crippen molar-refractivity contribution in [3.05, 3.63) is 83.9 Å². The molecule has 5 rings (SSSR count). The molecule has 0 heterocycles. The standard InChI is InChI=1S/C33H12F24/c34-23(35,25(39,40)26(41,42)27(43,44)28(45,46)29(47,48)30(49,50)31(51,52)32(53,54)33(55,56)57)21-17-9-13-5-1-3-7-15(13)11-19(17)22(24(36,37)38)20-12-16-8-4-2-6-14(16)10-18(20)21/h1-12H. The van der Waals surface area contributed by atoms with Gasteiger partial charge in [-0.15, -0.1) is 0 Å². The third kappa shape index (κ3) is 5.56. The lowest BCUT2D eigenvalue weighted by Crippen LogP contribution is -2.76. The third-order valence-electron chi connectivity index (χ3n) is 8.96. The van der Waals surface area contributed by atoms with E-state index in [1.165, 1.54) is 0 Å². The minimum Gasteiger partial charge on any atom is -0.194 e. The van der Waals surface area contributed by atoms with Crippen molar-refractivity contribution in [3.8, 4) is 0 Å². The molecule has 57 heavy (non-hydrogen) atoms. The summed E-state index contributed by atoms with van der Waals surface area (Å²) in [6.07, 6.45) is -13.8. The second kappa shape index (κ2) is 12.2. The van der Waals surface area contributed by atoms with Crippen LogP contribution in [0.2, 0.25) is 0 Å². The molecule has 0 aliphatic rings. The lowest BCUT2D eigenvalue weighted by atomic mass is 9.81. The van der Waals surface area contributed by atoms with Gasteiger partial charge in [0.1, 0.15) is 0 Å². The maximum absolute atomic E-state index is 16.3. The zero-order chi connectivity index (χ0) is 43.8. The summed E-state index contributed by atoms with van der Waals surface area (Å²) < 4.78 is 344. The summed E-state index contributed by atoms with van der Waals surface area (Å²) in [4.78, 5) is 0. The minimum absolute atomic E-state index is 0.177. The Bertz CT molecular complexity index is 2290. The Labute approximate surface area is 298 Å². The molecule has 0 nitrogen and oxygen atoms in total. The fraction of sp³-hybridized carbons (Fsp3) is 0.333. The molecular weight excluding hydrogens is 852 g/mol. The second-order valence-corrected chi connectivity index (χ2v) is 12.4. The molecule has 0 saturated heterocycles. The SMILES string of the molecule is FC(F)(F)c1c2cc3ccccc3cc2c(C(F)(F)C(F)(F)C(F)(F)C(F)(F)C(F)(F)C(F)(F)C(F)(F)C(F)(F)C(F)(F)C(F)(F)F)c2cc3ccccc3cc12. The Morgan fingerprint density at radius 1 is 0.263 bits per heavy atom. The maximum atomic E-state index is 16.3. The van der Waals surface area contributed by atoms with Gasteiger partial charge in [0.15, 0.2) is 0 Å². The van der Waals surface area contributed by atoms with Gasteiger partial charge in [-0.3, -0.25) is 0 Å². The third-order valence-corrected chi connectivity index (χ3v) is 8.96. The van der Waals surface area contributed by atoms with E-state index >= 15 is 26.3 Å². The van der Waals surface area contributed by atoms with Crippen LogP contribution in [0.15, 0.2) is 72.8 Å². The van der Waals surface area contributed by atoms with E-state index in [0.717, 1.165) is 48.5 Å². The van der Waals surface area contributed by atoms with Crippen LogP contribution in [0.25, 0.3) is 43.1 Å². The van der Waals surface area contributed by atoms with Gasteiger partial charge in [-0.2, -0.15) is 105 Å². The van der Waals surface area contributed by atoms with Crippen LogP contribution < -0.4 is 0 Å². The molecule has 5 aromatic rings. The molecule has 0 bridgehead atoms. The Morgan fingerprint density at radius 3 is 0.737 bits per heavy atom. The van der Waals surface area contributed by atoms with E-state index < -0.39 is 109 Å². The first-order valence-electron chi connectivity index (χ1n) is 14.7. The van der Waals surface area contributed by atoms with E-state index in [0.29, 0.717) is 12.1 Å². The second-order valence-electron chi connectivity index (χ2n) is 12.4. The Kier molecular flexibility index (Phi) is 9.36. The molecule has 0 saturated carbocycles. The smallest absolute Gasteiger partial charge is 0.194 e. The highest BCUT2D eigenvalue weighted by atomic mass is 19.4. The maximum Gasteiger partial charge on any atom is 0.460 e. The van der Waals surface area contributed by atoms with Crippen molar-refractivity contribution < 1.29 is 105 Å². The van der Waals surface area contributed by atoms with Crippen LogP contribution in [0.3, 0.4) is 0 Å². The first-order chi connectivity index (χ1) is 25.4. The largest absolute Gasteiger partial charge is 0.460 e. The summed E-state index contributed by atoms with van der Waals surface area (Å²) in [6.45, 7) is 0. The van der Waals surface area contributed by atoms with Gasteiger partial charge in [0.2, 0.25) is 0 Å². The predicted octanol–water partition coefficient (Wildman–Crippen LogP) is 14.1. The Morgan fingerprint density at radius 2 is 0.491 bits per heavy atom. The molecule has 0 aliphatic carbocycles. The number of halogens is 24. The molecular formula is C33H12F24. The molecule has 24 heteroatoms. The molecule has 312 valence electrons. The molecule has 5 aromatic carbocycles. The van der Waals surface area contributed by atoms with E-state index in [1.54, 1.807) is 0 Å². The van der Waals surface area contributed by atoms with Crippen LogP contribution in [-0.4, -0.2) is 53.6 Å². The zero-order valence-corrected chi connectivity index (χ0v) is 26.5. The van der Waals surface area contributed by atoms with Crippen LogP contribution in [0.5, 0.6) is 0 Å². The molecule has 0 spiro atoms. The van der Waals surface area contributed by atoms with Crippen molar-refractivity contribution in [1.82, 2.24) is 0 Å². The summed E-state index contributed by atoms with van der Waals surface area (Å²) in [5.74, 6) is -79.6. The number of hydrogen-bond donors (Lipinski definition) is 0. The predicted molar refractivity (Wildman–Crippen MR) is 151 cm³/mol. The Hall–Kier alpha value is -4.54. The molecule has 0 atom stereocenters. The number of hydrogen-bond acceptors (Lipinski definition) is 0. The average molecular weight is 864 g/mol. The van der Waals surface area contributed by atoms with E-state index in [1.807, 2.05) is 0 Å². The first kappa shape index (κ1) is 43.6. The van der Waals surface area contributed by atoms with Gasteiger partial charge in [0, 0.05) is 5.56 Å². The van der Waals surface area contributed by atoms with E-state index in [4.69, 9.17) is 0 Å². The molecule has 0 fully saturated rings. The normalized spacial score (nSPS) is 15.4. The average Bonchev–Trinajstić information content (AvgIpc) is 3.06. The monoisotopic (exact) mass is 864 g/mol. The van der Waals surface area contributed by atoms with Crippen molar-refractivity contribution in [1.29, 1.82) is 0 Å². The number of rotatable bonds is 9. The highest BCUT2D eigenvalue weighted by Crippen LogP contribution is 2.67. The van der Waals surface area contributed by atoms with Gasteiger partial charge >= 0.3 is 65.7 Å². The summed E-state index contributed by atoms with van der Waals surface area (Å²) in [7, 11) is 0. The minimum atomic E-state index is -9.38. The summed E-state index contributed by atoms with van der Waals surface area (Å²) in [5, 5.41) is -8.55. The lowest BCUT2D eigenvalue weighted by Gasteiger charge is -2.44. The van der Waals surface area contributed by atoms with Crippen molar-refractivity contribution >= 4 is 43.1 Å². The van der Waals surface area contributed by atoms with Crippen molar-refractivity contribution in [2.24, 2.45) is 0 Å². The van der Waals surface area contributed by atoms with Crippen LogP contribution >= 0.6 is 0 Å². The van der Waals surface area contributed by atoms with Crippen LogP contribution in [0, 0.1) is 0 Å². The van der Waals surface area contributed by atoms with Crippen molar-refractivity contribution in [2.45, 2.75) is 65.7 Å².